The van der Waals surface area contributed by atoms with E-state index in [4.69, 9.17) is 11.6 Å². The van der Waals surface area contributed by atoms with Gasteiger partial charge in [-0.05, 0) is 30.5 Å². The van der Waals surface area contributed by atoms with Gasteiger partial charge in [0.1, 0.15) is 5.82 Å². The van der Waals surface area contributed by atoms with Crippen molar-refractivity contribution in [2.45, 2.75) is 19.4 Å². The molecule has 3 rings (SSSR count). The Bertz CT molecular complexity index is 735. The Kier molecular flexibility index (Phi) is 4.49. The Balaban J connectivity index is 1.65. The van der Waals surface area contributed by atoms with Crippen molar-refractivity contribution in [3.8, 4) is 0 Å². The summed E-state index contributed by atoms with van der Waals surface area (Å²) in [7, 11) is 0. The zero-order valence-corrected chi connectivity index (χ0v) is 12.7. The molecule has 0 aliphatic carbocycles. The van der Waals surface area contributed by atoms with Crippen LogP contribution in [0.25, 0.3) is 0 Å². The monoisotopic (exact) mass is 315 g/mol. The van der Waals surface area contributed by atoms with Gasteiger partial charge in [0, 0.05) is 16.8 Å². The molecule has 1 aromatic heterocycles. The van der Waals surface area contributed by atoms with E-state index in [-0.39, 0.29) is 5.82 Å². The van der Waals surface area contributed by atoms with Crippen LogP contribution in [0, 0.1) is 5.82 Å². The second-order valence-corrected chi connectivity index (χ2v) is 5.50. The van der Waals surface area contributed by atoms with Gasteiger partial charge in [0.15, 0.2) is 0 Å². The second-order valence-electron chi connectivity index (χ2n) is 5.09. The molecular formula is C17H15ClFN3. The molecule has 0 fully saturated rings. The van der Waals surface area contributed by atoms with Crippen LogP contribution >= 0.6 is 11.6 Å². The molecular weight excluding hydrogens is 301 g/mol. The average Bonchev–Trinajstić information content (AvgIpc) is 2.95. The first-order valence-electron chi connectivity index (χ1n) is 7.08. The first-order chi connectivity index (χ1) is 10.7. The molecule has 0 bridgehead atoms. The zero-order valence-electron chi connectivity index (χ0n) is 11.9. The fourth-order valence-corrected chi connectivity index (χ4v) is 2.58. The van der Waals surface area contributed by atoms with Gasteiger partial charge in [0.2, 0.25) is 0 Å². The lowest BCUT2D eigenvalue weighted by molar-refractivity contribution is 0.608. The molecule has 22 heavy (non-hydrogen) atoms. The van der Waals surface area contributed by atoms with Crippen LogP contribution in [0.3, 0.4) is 0 Å². The predicted octanol–water partition coefficient (Wildman–Crippen LogP) is 3.90. The maximum Gasteiger partial charge on any atom is 0.127 e. The van der Waals surface area contributed by atoms with Crippen LogP contribution in [0.5, 0.6) is 0 Å². The lowest BCUT2D eigenvalue weighted by atomic mass is 10.1. The number of hydrogen-bond donors (Lipinski definition) is 0. The first kappa shape index (κ1) is 14.7. The van der Waals surface area contributed by atoms with Crippen LogP contribution in [0.15, 0.2) is 54.7 Å². The van der Waals surface area contributed by atoms with E-state index in [1.807, 2.05) is 36.5 Å². The van der Waals surface area contributed by atoms with Gasteiger partial charge in [-0.1, -0.05) is 53.2 Å². The van der Waals surface area contributed by atoms with Crippen LogP contribution in [0.2, 0.25) is 5.02 Å². The molecule has 0 atom stereocenters. The summed E-state index contributed by atoms with van der Waals surface area (Å²) in [6, 6.07) is 14.8. The summed E-state index contributed by atoms with van der Waals surface area (Å²) in [5, 5.41) is 8.70. The van der Waals surface area contributed by atoms with Crippen molar-refractivity contribution >= 4 is 11.6 Å². The van der Waals surface area contributed by atoms with Gasteiger partial charge in [-0.25, -0.2) is 9.07 Å². The molecule has 0 N–H and O–H groups in total. The molecule has 0 radical (unpaired) electrons. The third kappa shape index (κ3) is 3.52. The van der Waals surface area contributed by atoms with Gasteiger partial charge in [-0.2, -0.15) is 0 Å². The predicted molar refractivity (Wildman–Crippen MR) is 84.4 cm³/mol. The number of rotatable bonds is 5. The fraction of sp³-hybridized carbons (Fsp3) is 0.176. The highest BCUT2D eigenvalue weighted by Crippen LogP contribution is 2.20. The highest BCUT2D eigenvalue weighted by molar-refractivity contribution is 6.31. The van der Waals surface area contributed by atoms with Crippen LogP contribution in [-0.2, 0) is 19.4 Å². The number of aryl methyl sites for hydroxylation is 1. The van der Waals surface area contributed by atoms with Gasteiger partial charge in [-0.15, -0.1) is 5.10 Å². The lowest BCUT2D eigenvalue weighted by Crippen LogP contribution is -1.99. The molecule has 1 heterocycles. The maximum atomic E-state index is 13.7. The van der Waals surface area contributed by atoms with Crippen molar-refractivity contribution < 1.29 is 4.39 Å². The van der Waals surface area contributed by atoms with Gasteiger partial charge in [0.05, 0.1) is 12.2 Å². The molecule has 0 saturated heterocycles. The van der Waals surface area contributed by atoms with E-state index in [9.17, 15) is 4.39 Å². The number of halogens is 2. The zero-order chi connectivity index (χ0) is 15.4. The molecule has 0 unspecified atom stereocenters. The summed E-state index contributed by atoms with van der Waals surface area (Å²) in [6.45, 7) is 0.675. The maximum absolute atomic E-state index is 13.7. The average molecular weight is 316 g/mol. The highest BCUT2D eigenvalue weighted by atomic mass is 35.5. The minimum atomic E-state index is -0.274. The number of hydrogen-bond acceptors (Lipinski definition) is 2. The summed E-state index contributed by atoms with van der Waals surface area (Å²) < 4.78 is 15.5. The molecule has 0 spiro atoms. The number of benzene rings is 2. The fourth-order valence-electron chi connectivity index (χ4n) is 2.33. The normalized spacial score (nSPS) is 10.8. The Morgan fingerprint density at radius 2 is 1.82 bits per heavy atom. The van der Waals surface area contributed by atoms with Gasteiger partial charge in [-0.3, -0.25) is 0 Å². The van der Waals surface area contributed by atoms with Crippen molar-refractivity contribution in [1.82, 2.24) is 15.0 Å². The second kappa shape index (κ2) is 6.71. The van der Waals surface area contributed by atoms with E-state index >= 15 is 0 Å². The van der Waals surface area contributed by atoms with Crippen molar-refractivity contribution in [1.29, 1.82) is 0 Å². The minimum Gasteiger partial charge on any atom is -0.248 e. The standard InChI is InChI=1S/C17H15ClFN3/c18-16-7-4-8-17(19)15(16)10-9-14-12-22(21-20-14)11-13-5-2-1-3-6-13/h1-8,12H,9-11H2. The van der Waals surface area contributed by atoms with E-state index in [1.165, 1.54) is 6.07 Å². The first-order valence-corrected chi connectivity index (χ1v) is 7.46. The molecule has 0 aliphatic heterocycles. The van der Waals surface area contributed by atoms with E-state index in [2.05, 4.69) is 10.3 Å². The van der Waals surface area contributed by atoms with Crippen LogP contribution in [0.4, 0.5) is 4.39 Å². The molecule has 0 amide bonds. The Hall–Kier alpha value is -2.20. The van der Waals surface area contributed by atoms with Crippen LogP contribution in [0.1, 0.15) is 16.8 Å². The quantitative estimate of drug-likeness (QED) is 0.715. The van der Waals surface area contributed by atoms with Crippen molar-refractivity contribution in [2.75, 3.05) is 0 Å². The third-order valence-electron chi connectivity index (χ3n) is 3.47. The molecule has 112 valence electrons. The molecule has 0 aliphatic rings. The van der Waals surface area contributed by atoms with E-state index < -0.39 is 0 Å². The Morgan fingerprint density at radius 1 is 1.00 bits per heavy atom. The lowest BCUT2D eigenvalue weighted by Gasteiger charge is -2.03. The Labute approximate surface area is 133 Å². The number of nitrogens with zero attached hydrogens (tertiary/aromatic N) is 3. The van der Waals surface area contributed by atoms with E-state index in [0.717, 1.165) is 11.3 Å². The summed E-state index contributed by atoms with van der Waals surface area (Å²) >= 11 is 6.03. The smallest absolute Gasteiger partial charge is 0.127 e. The topological polar surface area (TPSA) is 30.7 Å². The molecule has 2 aromatic carbocycles. The largest absolute Gasteiger partial charge is 0.248 e. The van der Waals surface area contributed by atoms with Crippen molar-refractivity contribution in [3.05, 3.63) is 82.4 Å². The summed E-state index contributed by atoms with van der Waals surface area (Å²) in [5.74, 6) is -0.274. The van der Waals surface area contributed by atoms with Crippen LogP contribution < -0.4 is 0 Å². The number of aromatic nitrogens is 3. The van der Waals surface area contributed by atoms with Gasteiger partial charge >= 0.3 is 0 Å². The Morgan fingerprint density at radius 3 is 2.59 bits per heavy atom. The molecule has 3 aromatic rings. The highest BCUT2D eigenvalue weighted by Gasteiger charge is 2.09. The summed E-state index contributed by atoms with van der Waals surface area (Å²) in [6.07, 6.45) is 3.01. The summed E-state index contributed by atoms with van der Waals surface area (Å²) in [4.78, 5) is 0. The SMILES string of the molecule is Fc1cccc(Cl)c1CCc1cn(Cc2ccccc2)nn1. The third-order valence-corrected chi connectivity index (χ3v) is 3.82. The minimum absolute atomic E-state index is 0.274. The molecule has 0 saturated carbocycles. The molecule has 3 nitrogen and oxygen atoms in total. The summed E-state index contributed by atoms with van der Waals surface area (Å²) in [5.41, 5.74) is 2.52. The van der Waals surface area contributed by atoms with Gasteiger partial charge < -0.3 is 0 Å². The van der Waals surface area contributed by atoms with E-state index in [0.29, 0.717) is 30.0 Å². The van der Waals surface area contributed by atoms with Crippen molar-refractivity contribution in [3.63, 3.8) is 0 Å². The van der Waals surface area contributed by atoms with E-state index in [1.54, 1.807) is 16.8 Å². The van der Waals surface area contributed by atoms with Crippen molar-refractivity contribution in [2.24, 2.45) is 0 Å². The molecule has 5 heteroatoms. The van der Waals surface area contributed by atoms with Crippen LogP contribution in [-0.4, -0.2) is 15.0 Å². The van der Waals surface area contributed by atoms with Gasteiger partial charge in [0.25, 0.3) is 0 Å².